The highest BCUT2D eigenvalue weighted by Crippen LogP contribution is 2.30. The third kappa shape index (κ3) is 3.23. The van der Waals surface area contributed by atoms with E-state index in [4.69, 9.17) is 4.74 Å². The fraction of sp³-hybridized carbons (Fsp3) is 0.238. The summed E-state index contributed by atoms with van der Waals surface area (Å²) in [6.45, 7) is 1.20. The minimum atomic E-state index is -0.201. The highest BCUT2D eigenvalue weighted by Gasteiger charge is 2.28. The average molecular weight is 390 g/mol. The van der Waals surface area contributed by atoms with Gasteiger partial charge in [0.25, 0.3) is 5.91 Å². The van der Waals surface area contributed by atoms with E-state index in [1.54, 1.807) is 11.1 Å². The van der Waals surface area contributed by atoms with Gasteiger partial charge in [-0.15, -0.1) is 0 Å². The van der Waals surface area contributed by atoms with Crippen LogP contribution in [0.1, 0.15) is 23.3 Å². The Hall–Kier alpha value is -2.90. The highest BCUT2D eigenvalue weighted by molar-refractivity contribution is 7.22. The zero-order valence-electron chi connectivity index (χ0n) is 15.1. The molecule has 6 nitrogen and oxygen atoms in total. The summed E-state index contributed by atoms with van der Waals surface area (Å²) in [6.07, 6.45) is 3.52. The number of thiazole rings is 1. The maximum atomic E-state index is 13.4. The second kappa shape index (κ2) is 7.26. The van der Waals surface area contributed by atoms with Crippen molar-refractivity contribution >= 4 is 43.6 Å². The van der Waals surface area contributed by atoms with E-state index in [9.17, 15) is 4.79 Å². The predicted molar refractivity (Wildman–Crippen MR) is 110 cm³/mol. The molecule has 1 saturated heterocycles. The van der Waals surface area contributed by atoms with Crippen LogP contribution in [0.15, 0.2) is 54.7 Å². The zero-order chi connectivity index (χ0) is 18.9. The van der Waals surface area contributed by atoms with Gasteiger partial charge in [0.15, 0.2) is 5.13 Å². The Balaban J connectivity index is 1.54. The molecule has 4 aromatic rings. The first-order valence-electron chi connectivity index (χ1n) is 9.29. The topological polar surface area (TPSA) is 68.2 Å². The molecular formula is C21H18N4O2S. The van der Waals surface area contributed by atoms with Crippen molar-refractivity contribution in [3.05, 3.63) is 60.4 Å². The van der Waals surface area contributed by atoms with Crippen molar-refractivity contribution in [2.75, 3.05) is 18.1 Å². The number of anilines is 1. The number of carbonyl (C=O) groups excluding carboxylic acids is 1. The summed E-state index contributed by atoms with van der Waals surface area (Å²) < 4.78 is 6.83. The van der Waals surface area contributed by atoms with Crippen LogP contribution in [-0.4, -0.2) is 40.1 Å². The molecule has 1 aliphatic rings. The molecule has 0 saturated carbocycles. The highest BCUT2D eigenvalue weighted by atomic mass is 32.1. The Morgan fingerprint density at radius 3 is 2.64 bits per heavy atom. The summed E-state index contributed by atoms with van der Waals surface area (Å²) in [5.74, 6) is -0.201. The van der Waals surface area contributed by atoms with Gasteiger partial charge in [-0.1, -0.05) is 35.6 Å². The van der Waals surface area contributed by atoms with E-state index in [0.717, 1.165) is 35.2 Å². The lowest BCUT2D eigenvalue weighted by atomic mass is 10.2. The van der Waals surface area contributed by atoms with Crippen LogP contribution in [0.4, 0.5) is 5.13 Å². The van der Waals surface area contributed by atoms with Gasteiger partial charge in [0.1, 0.15) is 5.69 Å². The molecule has 1 fully saturated rings. The van der Waals surface area contributed by atoms with Crippen LogP contribution in [0.2, 0.25) is 0 Å². The molecule has 2 aromatic carbocycles. The predicted octanol–water partition coefficient (Wildman–Crippen LogP) is 4.07. The Morgan fingerprint density at radius 1 is 1.07 bits per heavy atom. The molecular weight excluding hydrogens is 372 g/mol. The molecule has 3 heterocycles. The lowest BCUT2D eigenvalue weighted by molar-refractivity contribution is 0.0913. The van der Waals surface area contributed by atoms with E-state index in [1.165, 1.54) is 11.3 Å². The number of ether oxygens (including phenoxy) is 1. The number of hydrogen-bond donors (Lipinski definition) is 0. The molecule has 1 atom stereocenters. The number of carbonyl (C=O) groups is 1. The first-order valence-corrected chi connectivity index (χ1v) is 10.1. The molecule has 0 radical (unpaired) electrons. The molecule has 0 spiro atoms. The van der Waals surface area contributed by atoms with Gasteiger partial charge in [-0.05, 0) is 37.1 Å². The zero-order valence-corrected chi connectivity index (χ0v) is 15.9. The Labute approximate surface area is 165 Å². The summed E-state index contributed by atoms with van der Waals surface area (Å²) >= 11 is 1.51. The second-order valence-corrected chi connectivity index (χ2v) is 7.77. The lowest BCUT2D eigenvalue weighted by Gasteiger charge is -2.22. The van der Waals surface area contributed by atoms with E-state index in [-0.39, 0.29) is 12.0 Å². The number of benzene rings is 2. The minimum Gasteiger partial charge on any atom is -0.376 e. The Bertz CT molecular complexity index is 1120. The smallest absolute Gasteiger partial charge is 0.280 e. The molecule has 0 bridgehead atoms. The van der Waals surface area contributed by atoms with Crippen LogP contribution >= 0.6 is 11.3 Å². The van der Waals surface area contributed by atoms with Crippen LogP contribution in [0, 0.1) is 0 Å². The average Bonchev–Trinajstić information content (AvgIpc) is 3.40. The van der Waals surface area contributed by atoms with Gasteiger partial charge < -0.3 is 4.74 Å². The summed E-state index contributed by atoms with van der Waals surface area (Å²) in [5.41, 5.74) is 2.67. The van der Waals surface area contributed by atoms with E-state index in [0.29, 0.717) is 22.9 Å². The van der Waals surface area contributed by atoms with Crippen LogP contribution in [-0.2, 0) is 4.74 Å². The lowest BCUT2D eigenvalue weighted by Crippen LogP contribution is -2.38. The van der Waals surface area contributed by atoms with E-state index >= 15 is 0 Å². The van der Waals surface area contributed by atoms with Crippen molar-refractivity contribution in [2.45, 2.75) is 18.9 Å². The fourth-order valence-corrected chi connectivity index (χ4v) is 4.39. The first-order chi connectivity index (χ1) is 13.8. The van der Waals surface area contributed by atoms with Gasteiger partial charge in [0, 0.05) is 6.61 Å². The van der Waals surface area contributed by atoms with Gasteiger partial charge in [0.2, 0.25) is 0 Å². The Kier molecular flexibility index (Phi) is 4.46. The molecule has 0 unspecified atom stereocenters. The van der Waals surface area contributed by atoms with Gasteiger partial charge in [-0.3, -0.25) is 14.7 Å². The van der Waals surface area contributed by atoms with Crippen molar-refractivity contribution in [1.82, 2.24) is 15.0 Å². The van der Waals surface area contributed by atoms with Gasteiger partial charge >= 0.3 is 0 Å². The van der Waals surface area contributed by atoms with Crippen LogP contribution in [0.5, 0.6) is 0 Å². The summed E-state index contributed by atoms with van der Waals surface area (Å²) in [6, 6.07) is 15.4. The normalized spacial score (nSPS) is 16.6. The maximum absolute atomic E-state index is 13.4. The Morgan fingerprint density at radius 2 is 1.86 bits per heavy atom. The maximum Gasteiger partial charge on any atom is 0.280 e. The second-order valence-electron chi connectivity index (χ2n) is 6.76. The number of amides is 1. The van der Waals surface area contributed by atoms with Crippen molar-refractivity contribution in [1.29, 1.82) is 0 Å². The van der Waals surface area contributed by atoms with Gasteiger partial charge in [-0.25, -0.2) is 9.97 Å². The number of nitrogens with zero attached hydrogens (tertiary/aromatic N) is 4. The summed E-state index contributed by atoms with van der Waals surface area (Å²) in [7, 11) is 0. The molecule has 7 heteroatoms. The number of hydrogen-bond acceptors (Lipinski definition) is 6. The largest absolute Gasteiger partial charge is 0.376 e. The number of aromatic nitrogens is 3. The molecule has 0 N–H and O–H groups in total. The van der Waals surface area contributed by atoms with Crippen LogP contribution in [0.3, 0.4) is 0 Å². The number of fused-ring (bicyclic) bond motifs is 2. The standard InChI is InChI=1S/C21H18N4O2S/c26-20(18-12-22-15-7-1-2-8-16(15)23-18)25(13-14-6-5-11-27-14)21-24-17-9-3-4-10-19(17)28-21/h1-4,7-10,12,14H,5-6,11,13H2/t14-/m1/s1. The van der Waals surface area contributed by atoms with Crippen LogP contribution < -0.4 is 4.90 Å². The van der Waals surface area contributed by atoms with E-state index in [1.807, 2.05) is 48.5 Å². The molecule has 1 amide bonds. The minimum absolute atomic E-state index is 0.0179. The molecule has 140 valence electrons. The fourth-order valence-electron chi connectivity index (χ4n) is 3.41. The van der Waals surface area contributed by atoms with Crippen molar-refractivity contribution in [3.63, 3.8) is 0 Å². The summed E-state index contributed by atoms with van der Waals surface area (Å²) in [5, 5.41) is 0.664. The first kappa shape index (κ1) is 17.2. The van der Waals surface area contributed by atoms with Gasteiger partial charge in [-0.2, -0.15) is 0 Å². The van der Waals surface area contributed by atoms with Crippen molar-refractivity contribution in [3.8, 4) is 0 Å². The van der Waals surface area contributed by atoms with E-state index in [2.05, 4.69) is 15.0 Å². The van der Waals surface area contributed by atoms with Gasteiger partial charge in [0.05, 0.1) is 40.1 Å². The number of para-hydroxylation sites is 3. The summed E-state index contributed by atoms with van der Waals surface area (Å²) in [4.78, 5) is 28.7. The monoisotopic (exact) mass is 390 g/mol. The molecule has 2 aromatic heterocycles. The van der Waals surface area contributed by atoms with Crippen molar-refractivity contribution in [2.24, 2.45) is 0 Å². The molecule has 1 aliphatic heterocycles. The molecule has 0 aliphatic carbocycles. The molecule has 5 rings (SSSR count). The van der Waals surface area contributed by atoms with E-state index < -0.39 is 0 Å². The quantitative estimate of drug-likeness (QED) is 0.525. The number of rotatable bonds is 4. The third-order valence-corrected chi connectivity index (χ3v) is 5.90. The SMILES string of the molecule is O=C(c1cnc2ccccc2n1)N(C[C@H]1CCCO1)c1nc2ccccc2s1. The third-order valence-electron chi connectivity index (χ3n) is 4.84. The van der Waals surface area contributed by atoms with Crippen molar-refractivity contribution < 1.29 is 9.53 Å². The molecule has 28 heavy (non-hydrogen) atoms. The van der Waals surface area contributed by atoms with Crippen LogP contribution in [0.25, 0.3) is 21.3 Å².